The molecule has 5 aromatic rings. The molecule has 6 rings (SSSR count). The summed E-state index contributed by atoms with van der Waals surface area (Å²) < 4.78 is 19.7. The quantitative estimate of drug-likeness (QED) is 0.220. The van der Waals surface area contributed by atoms with Gasteiger partial charge in [-0.15, -0.1) is 15.2 Å². The van der Waals surface area contributed by atoms with Crippen molar-refractivity contribution >= 4 is 28.4 Å². The number of hydrogen-bond donors (Lipinski definition) is 1. The van der Waals surface area contributed by atoms with Crippen LogP contribution in [0.5, 0.6) is 5.75 Å². The van der Waals surface area contributed by atoms with E-state index in [2.05, 4.69) is 40.1 Å². The summed E-state index contributed by atoms with van der Waals surface area (Å²) >= 11 is 0. The van der Waals surface area contributed by atoms with Gasteiger partial charge >= 0.3 is 0 Å². The minimum Gasteiger partial charge on any atom is -0.494 e. The summed E-state index contributed by atoms with van der Waals surface area (Å²) in [7, 11) is 4.91. The Kier molecular flexibility index (Phi) is 8.13. The summed E-state index contributed by atoms with van der Waals surface area (Å²) in [6.07, 6.45) is 4.82. The van der Waals surface area contributed by atoms with Gasteiger partial charge in [0, 0.05) is 13.7 Å². The van der Waals surface area contributed by atoms with Crippen molar-refractivity contribution < 1.29 is 14.2 Å². The molecule has 0 amide bonds. The van der Waals surface area contributed by atoms with Crippen LogP contribution >= 0.6 is 0 Å². The fourth-order valence-corrected chi connectivity index (χ4v) is 5.53. The zero-order valence-corrected chi connectivity index (χ0v) is 26.2. The van der Waals surface area contributed by atoms with Crippen LogP contribution in [0.25, 0.3) is 27.4 Å². The monoisotopic (exact) mass is 609 g/mol. The third kappa shape index (κ3) is 5.79. The highest BCUT2D eigenvalue weighted by Gasteiger charge is 2.28. The number of pyridine rings is 1. The summed E-state index contributed by atoms with van der Waals surface area (Å²) in [5.74, 6) is 2.01. The number of nitrogens with zero attached hydrogens (tertiary/aromatic N) is 10. The standard InChI is InChI=1S/C31H35N11O3/c1-18-34-25-23(37-22-12-10-11-21(26(22)43-6)28-38-40-41(5)39-28)16-19(36-30(25)42(18)24-13-8-9-14-45-24)15-20-17-33-27(29(32-4)35-20)31(2,3)44-7/h10-12,16-17,24H,8-9,13-15H2,1-3,5-7H3,(H,36,37). The summed E-state index contributed by atoms with van der Waals surface area (Å²) in [5.41, 5.74) is 4.58. The molecule has 1 saturated heterocycles. The molecule has 0 spiro atoms. The van der Waals surface area contributed by atoms with Gasteiger partial charge in [0.05, 0.1) is 60.7 Å². The predicted molar refractivity (Wildman–Crippen MR) is 166 cm³/mol. The molecule has 14 heteroatoms. The molecule has 45 heavy (non-hydrogen) atoms. The maximum absolute atomic E-state index is 7.74. The van der Waals surface area contributed by atoms with Crippen molar-refractivity contribution in [2.24, 2.45) is 7.05 Å². The van der Waals surface area contributed by atoms with E-state index in [0.717, 1.165) is 36.5 Å². The van der Waals surface area contributed by atoms with Crippen LogP contribution in [0, 0.1) is 13.5 Å². The second-order valence-electron chi connectivity index (χ2n) is 11.3. The van der Waals surface area contributed by atoms with Gasteiger partial charge in [0.2, 0.25) is 5.82 Å². The Bertz CT molecular complexity index is 1900. The number of anilines is 2. The normalized spacial score (nSPS) is 15.3. The van der Waals surface area contributed by atoms with Gasteiger partial charge in [0.1, 0.15) is 17.6 Å². The van der Waals surface area contributed by atoms with Crippen LogP contribution < -0.4 is 10.1 Å². The highest BCUT2D eigenvalue weighted by molar-refractivity contribution is 5.90. The fourth-order valence-electron chi connectivity index (χ4n) is 5.53. The topological polar surface area (TPSA) is 144 Å². The molecule has 0 bridgehead atoms. The number of nitrogens with one attached hydrogen (secondary N) is 1. The van der Waals surface area contributed by atoms with Gasteiger partial charge in [-0.25, -0.2) is 9.97 Å². The Morgan fingerprint density at radius 3 is 2.67 bits per heavy atom. The molecule has 0 radical (unpaired) electrons. The van der Waals surface area contributed by atoms with Crippen LogP contribution in [0.15, 0.2) is 30.5 Å². The van der Waals surface area contributed by atoms with Gasteiger partial charge in [0.15, 0.2) is 17.1 Å². The number of tetrazole rings is 1. The number of aryl methyl sites for hydroxylation is 2. The first-order valence-corrected chi connectivity index (χ1v) is 14.7. The molecule has 14 nitrogen and oxygen atoms in total. The molecule has 4 aromatic heterocycles. The summed E-state index contributed by atoms with van der Waals surface area (Å²) in [4.78, 5) is 24.3. The van der Waals surface area contributed by atoms with E-state index in [1.807, 2.05) is 45.0 Å². The first-order chi connectivity index (χ1) is 21.7. The van der Waals surface area contributed by atoms with Crippen LogP contribution in [-0.2, 0) is 28.5 Å². The lowest BCUT2D eigenvalue weighted by molar-refractivity contribution is -0.0309. The van der Waals surface area contributed by atoms with E-state index in [9.17, 15) is 0 Å². The van der Waals surface area contributed by atoms with E-state index in [-0.39, 0.29) is 12.0 Å². The van der Waals surface area contributed by atoms with Crippen LogP contribution in [0.4, 0.5) is 17.2 Å². The number of aromatic nitrogens is 9. The molecule has 5 heterocycles. The van der Waals surface area contributed by atoms with Gasteiger partial charge < -0.3 is 24.4 Å². The van der Waals surface area contributed by atoms with Crippen molar-refractivity contribution in [3.8, 4) is 17.1 Å². The largest absolute Gasteiger partial charge is 0.494 e. The van der Waals surface area contributed by atoms with Crippen LogP contribution in [-0.4, -0.2) is 65.5 Å². The molecular formula is C31H35N11O3. The number of rotatable bonds is 9. The number of hydrogen-bond acceptors (Lipinski definition) is 11. The highest BCUT2D eigenvalue weighted by atomic mass is 16.5. The third-order valence-corrected chi connectivity index (χ3v) is 7.91. The lowest BCUT2D eigenvalue weighted by Gasteiger charge is -2.25. The second-order valence-corrected chi connectivity index (χ2v) is 11.3. The summed E-state index contributed by atoms with van der Waals surface area (Å²) in [6.45, 7) is 14.1. The highest BCUT2D eigenvalue weighted by Crippen LogP contribution is 2.39. The minimum absolute atomic E-state index is 0.163. The molecule has 1 atom stereocenters. The van der Waals surface area contributed by atoms with Gasteiger partial charge in [0.25, 0.3) is 5.82 Å². The molecule has 232 valence electrons. The lowest BCUT2D eigenvalue weighted by Crippen LogP contribution is -2.22. The van der Waals surface area contributed by atoms with Crippen molar-refractivity contribution in [2.45, 2.75) is 58.3 Å². The molecule has 0 aliphatic carbocycles. The van der Waals surface area contributed by atoms with Crippen molar-refractivity contribution in [3.05, 3.63) is 64.8 Å². The molecule has 1 fully saturated rings. The number of imidazole rings is 1. The maximum atomic E-state index is 7.74. The van der Waals surface area contributed by atoms with Crippen LogP contribution in [0.1, 0.15) is 62.2 Å². The molecule has 0 saturated carbocycles. The van der Waals surface area contributed by atoms with E-state index in [4.69, 9.17) is 30.8 Å². The number of methoxy groups -OCH3 is 2. The van der Waals surface area contributed by atoms with Gasteiger partial charge in [-0.2, -0.15) is 4.80 Å². The summed E-state index contributed by atoms with van der Waals surface area (Å²) in [5, 5.41) is 16.1. The van der Waals surface area contributed by atoms with E-state index in [0.29, 0.717) is 58.4 Å². The van der Waals surface area contributed by atoms with Crippen LogP contribution in [0.3, 0.4) is 0 Å². The third-order valence-electron chi connectivity index (χ3n) is 7.91. The first-order valence-electron chi connectivity index (χ1n) is 14.7. The SMILES string of the molecule is [C-]#[N+]c1nc(Cc2cc(Nc3cccc(-c4nnn(C)n4)c3OC)c3nc(C)n(C4CCCCO4)c3n2)cnc1C(C)(C)OC. The van der Waals surface area contributed by atoms with Gasteiger partial charge in [-0.3, -0.25) is 9.55 Å². The van der Waals surface area contributed by atoms with Crippen molar-refractivity contribution in [1.29, 1.82) is 0 Å². The van der Waals surface area contributed by atoms with E-state index in [1.165, 1.54) is 4.80 Å². The Morgan fingerprint density at radius 1 is 1.13 bits per heavy atom. The van der Waals surface area contributed by atoms with E-state index < -0.39 is 5.60 Å². The molecule has 1 aliphatic rings. The average Bonchev–Trinajstić information content (AvgIpc) is 3.63. The van der Waals surface area contributed by atoms with E-state index >= 15 is 0 Å². The Balaban J connectivity index is 1.46. The Morgan fingerprint density at radius 2 is 1.98 bits per heavy atom. The first kappa shape index (κ1) is 30.0. The average molecular weight is 610 g/mol. The van der Waals surface area contributed by atoms with Crippen molar-refractivity contribution in [3.63, 3.8) is 0 Å². The molecule has 1 N–H and O–H groups in total. The van der Waals surface area contributed by atoms with E-state index in [1.54, 1.807) is 27.5 Å². The number of benzene rings is 1. The number of ether oxygens (including phenoxy) is 3. The molecular weight excluding hydrogens is 574 g/mol. The van der Waals surface area contributed by atoms with Crippen molar-refractivity contribution in [1.82, 2.24) is 44.7 Å². The molecule has 1 aromatic carbocycles. The summed E-state index contributed by atoms with van der Waals surface area (Å²) in [6, 6.07) is 7.65. The molecule has 1 aliphatic heterocycles. The van der Waals surface area contributed by atoms with Crippen molar-refractivity contribution in [2.75, 3.05) is 26.1 Å². The predicted octanol–water partition coefficient (Wildman–Crippen LogP) is 5.19. The number of para-hydroxylation sites is 1. The second kappa shape index (κ2) is 12.2. The zero-order valence-electron chi connectivity index (χ0n) is 26.2. The number of fused-ring (bicyclic) bond motifs is 1. The Hall–Kier alpha value is -5.00. The fraction of sp³-hybridized carbons (Fsp3) is 0.419. The Labute approximate surface area is 260 Å². The van der Waals surface area contributed by atoms with Gasteiger partial charge in [-0.05, 0) is 63.4 Å². The van der Waals surface area contributed by atoms with Gasteiger partial charge in [-0.1, -0.05) is 12.6 Å². The zero-order chi connectivity index (χ0) is 31.7. The smallest absolute Gasteiger partial charge is 0.294 e. The maximum Gasteiger partial charge on any atom is 0.294 e. The molecule has 1 unspecified atom stereocenters. The van der Waals surface area contributed by atoms with Crippen LogP contribution in [0.2, 0.25) is 0 Å². The minimum atomic E-state index is -0.752. The lowest BCUT2D eigenvalue weighted by atomic mass is 10.0.